The summed E-state index contributed by atoms with van der Waals surface area (Å²) >= 11 is 0. The van der Waals surface area contributed by atoms with E-state index in [0.29, 0.717) is 18.0 Å². The lowest BCUT2D eigenvalue weighted by Crippen LogP contribution is -2.32. The van der Waals surface area contributed by atoms with E-state index in [1.54, 1.807) is 33.3 Å². The first-order chi connectivity index (χ1) is 10.8. The average molecular weight is 336 g/mol. The maximum atomic E-state index is 12.6. The SMILES string of the molecule is CN(C)C(=O)c1ccc(S(=O)(=O)N(C)C[C@H]2CC=CCC2)cc1. The van der Waals surface area contributed by atoms with Gasteiger partial charge >= 0.3 is 0 Å². The zero-order valence-electron chi connectivity index (χ0n) is 13.9. The zero-order chi connectivity index (χ0) is 17.0. The first-order valence-corrected chi connectivity index (χ1v) is 9.19. The summed E-state index contributed by atoms with van der Waals surface area (Å²) < 4.78 is 26.7. The highest BCUT2D eigenvalue weighted by Crippen LogP contribution is 2.22. The Morgan fingerprint density at radius 3 is 2.30 bits per heavy atom. The number of rotatable bonds is 5. The molecule has 0 bridgehead atoms. The van der Waals surface area contributed by atoms with Crippen molar-refractivity contribution in [2.24, 2.45) is 5.92 Å². The molecule has 0 saturated heterocycles. The standard InChI is InChI=1S/C17H24N2O3S/c1-18(2)17(20)15-9-11-16(12-10-15)23(21,22)19(3)13-14-7-5-4-6-8-14/h4-5,9-12,14H,6-8,13H2,1-3H3/t14-/m0/s1. The van der Waals surface area contributed by atoms with Crippen molar-refractivity contribution < 1.29 is 13.2 Å². The molecule has 1 aliphatic carbocycles. The molecule has 0 unspecified atom stereocenters. The van der Waals surface area contributed by atoms with Gasteiger partial charge in [0.1, 0.15) is 0 Å². The molecule has 0 fully saturated rings. The average Bonchev–Trinajstić information content (AvgIpc) is 2.55. The van der Waals surface area contributed by atoms with Crippen LogP contribution < -0.4 is 0 Å². The highest BCUT2D eigenvalue weighted by molar-refractivity contribution is 7.89. The topological polar surface area (TPSA) is 57.7 Å². The van der Waals surface area contributed by atoms with Gasteiger partial charge in [-0.25, -0.2) is 12.7 Å². The molecule has 1 aliphatic rings. The molecule has 1 aromatic rings. The molecule has 23 heavy (non-hydrogen) atoms. The Morgan fingerprint density at radius 1 is 1.13 bits per heavy atom. The Labute approximate surface area is 138 Å². The number of nitrogens with zero attached hydrogens (tertiary/aromatic N) is 2. The third-order valence-corrected chi connectivity index (χ3v) is 5.95. The molecule has 0 radical (unpaired) electrons. The van der Waals surface area contributed by atoms with Crippen LogP contribution in [0.5, 0.6) is 0 Å². The van der Waals surface area contributed by atoms with Crippen molar-refractivity contribution in [1.82, 2.24) is 9.21 Å². The molecule has 6 heteroatoms. The van der Waals surface area contributed by atoms with Gasteiger partial charge in [0.2, 0.25) is 10.0 Å². The first kappa shape index (κ1) is 17.7. The Bertz CT molecular complexity index is 678. The second kappa shape index (κ2) is 7.27. The minimum absolute atomic E-state index is 0.142. The van der Waals surface area contributed by atoms with E-state index in [1.165, 1.54) is 21.3 Å². The van der Waals surface area contributed by atoms with Gasteiger partial charge < -0.3 is 4.90 Å². The molecule has 1 atom stereocenters. The maximum absolute atomic E-state index is 12.6. The van der Waals surface area contributed by atoms with Crippen molar-refractivity contribution in [3.63, 3.8) is 0 Å². The second-order valence-electron chi connectivity index (χ2n) is 6.16. The van der Waals surface area contributed by atoms with Gasteiger partial charge in [0.05, 0.1) is 4.90 Å². The maximum Gasteiger partial charge on any atom is 0.253 e. The number of amides is 1. The summed E-state index contributed by atoms with van der Waals surface area (Å²) in [6.45, 7) is 0.519. The molecule has 0 saturated carbocycles. The molecular formula is C17H24N2O3S. The molecule has 0 N–H and O–H groups in total. The lowest BCUT2D eigenvalue weighted by Gasteiger charge is -2.24. The van der Waals surface area contributed by atoms with E-state index < -0.39 is 10.0 Å². The van der Waals surface area contributed by atoms with Gasteiger partial charge in [-0.3, -0.25) is 4.79 Å². The first-order valence-electron chi connectivity index (χ1n) is 7.75. The molecule has 5 nitrogen and oxygen atoms in total. The quantitative estimate of drug-likeness (QED) is 0.776. The summed E-state index contributed by atoms with van der Waals surface area (Å²) in [6, 6.07) is 6.13. The van der Waals surface area contributed by atoms with Crippen LogP contribution in [0.2, 0.25) is 0 Å². The van der Waals surface area contributed by atoms with Crippen LogP contribution >= 0.6 is 0 Å². The van der Waals surface area contributed by atoms with Crippen LogP contribution in [0, 0.1) is 5.92 Å². The van der Waals surface area contributed by atoms with E-state index in [2.05, 4.69) is 12.2 Å². The smallest absolute Gasteiger partial charge is 0.253 e. The third-order valence-electron chi connectivity index (χ3n) is 4.11. The number of sulfonamides is 1. The monoisotopic (exact) mass is 336 g/mol. The molecule has 0 heterocycles. The predicted octanol–water partition coefficient (Wildman–Crippen LogP) is 2.37. The fourth-order valence-electron chi connectivity index (χ4n) is 2.69. The van der Waals surface area contributed by atoms with Crippen LogP contribution in [0.1, 0.15) is 29.6 Å². The van der Waals surface area contributed by atoms with E-state index in [-0.39, 0.29) is 10.8 Å². The van der Waals surface area contributed by atoms with Gasteiger partial charge in [-0.2, -0.15) is 0 Å². The van der Waals surface area contributed by atoms with E-state index in [9.17, 15) is 13.2 Å². The minimum Gasteiger partial charge on any atom is -0.345 e. The van der Waals surface area contributed by atoms with E-state index >= 15 is 0 Å². The Morgan fingerprint density at radius 2 is 1.78 bits per heavy atom. The lowest BCUT2D eigenvalue weighted by atomic mass is 9.95. The second-order valence-corrected chi connectivity index (χ2v) is 8.20. The molecule has 0 aliphatic heterocycles. The van der Waals surface area contributed by atoms with Crippen LogP contribution in [0.3, 0.4) is 0 Å². The van der Waals surface area contributed by atoms with Gasteiger partial charge in [0.25, 0.3) is 5.91 Å². The van der Waals surface area contributed by atoms with Crippen LogP contribution in [0.4, 0.5) is 0 Å². The number of allylic oxidation sites excluding steroid dienone is 2. The van der Waals surface area contributed by atoms with Crippen molar-refractivity contribution in [2.75, 3.05) is 27.7 Å². The third kappa shape index (κ3) is 4.20. The highest BCUT2D eigenvalue weighted by Gasteiger charge is 2.24. The fraction of sp³-hybridized carbons (Fsp3) is 0.471. The van der Waals surface area contributed by atoms with Crippen LogP contribution in [-0.2, 0) is 10.0 Å². The van der Waals surface area contributed by atoms with E-state index in [4.69, 9.17) is 0 Å². The predicted molar refractivity (Wildman–Crippen MR) is 90.8 cm³/mol. The Balaban J connectivity index is 2.12. The fourth-order valence-corrected chi connectivity index (χ4v) is 3.94. The van der Waals surface area contributed by atoms with Crippen LogP contribution in [0.15, 0.2) is 41.3 Å². The molecule has 2 rings (SSSR count). The number of carbonyl (C=O) groups is 1. The molecular weight excluding hydrogens is 312 g/mol. The molecule has 1 aromatic carbocycles. The van der Waals surface area contributed by atoms with Crippen molar-refractivity contribution in [1.29, 1.82) is 0 Å². The number of carbonyl (C=O) groups excluding carboxylic acids is 1. The normalized spacial score (nSPS) is 18.2. The Hall–Kier alpha value is -1.66. The van der Waals surface area contributed by atoms with Gasteiger partial charge in [-0.05, 0) is 49.4 Å². The summed E-state index contributed by atoms with van der Waals surface area (Å²) in [6.07, 6.45) is 7.23. The van der Waals surface area contributed by atoms with Gasteiger partial charge in [0.15, 0.2) is 0 Å². The number of benzene rings is 1. The van der Waals surface area contributed by atoms with E-state index in [0.717, 1.165) is 19.3 Å². The molecule has 1 amide bonds. The van der Waals surface area contributed by atoms with Crippen LogP contribution in [0.25, 0.3) is 0 Å². The van der Waals surface area contributed by atoms with Crippen molar-refractivity contribution in [3.8, 4) is 0 Å². The summed E-state index contributed by atoms with van der Waals surface area (Å²) in [5.74, 6) is 0.227. The number of hydrogen-bond acceptors (Lipinski definition) is 3. The summed E-state index contributed by atoms with van der Waals surface area (Å²) in [7, 11) is 1.43. The summed E-state index contributed by atoms with van der Waals surface area (Å²) in [5.41, 5.74) is 0.481. The van der Waals surface area contributed by atoms with Gasteiger partial charge in [-0.1, -0.05) is 12.2 Å². The minimum atomic E-state index is -3.52. The summed E-state index contributed by atoms with van der Waals surface area (Å²) in [5, 5.41) is 0. The van der Waals surface area contributed by atoms with Crippen molar-refractivity contribution in [2.45, 2.75) is 24.2 Å². The Kier molecular flexibility index (Phi) is 5.59. The summed E-state index contributed by atoms with van der Waals surface area (Å²) in [4.78, 5) is 13.5. The van der Waals surface area contributed by atoms with Crippen molar-refractivity contribution in [3.05, 3.63) is 42.0 Å². The molecule has 126 valence electrons. The number of hydrogen-bond donors (Lipinski definition) is 0. The van der Waals surface area contributed by atoms with Gasteiger partial charge in [-0.15, -0.1) is 0 Å². The van der Waals surface area contributed by atoms with E-state index in [1.807, 2.05) is 0 Å². The van der Waals surface area contributed by atoms with Crippen molar-refractivity contribution >= 4 is 15.9 Å². The molecule has 0 aromatic heterocycles. The lowest BCUT2D eigenvalue weighted by molar-refractivity contribution is 0.0827. The highest BCUT2D eigenvalue weighted by atomic mass is 32.2. The zero-order valence-corrected chi connectivity index (χ0v) is 14.7. The van der Waals surface area contributed by atoms with Crippen LogP contribution in [-0.4, -0.2) is 51.2 Å². The molecule has 0 spiro atoms. The largest absolute Gasteiger partial charge is 0.345 e. The van der Waals surface area contributed by atoms with Gasteiger partial charge in [0, 0.05) is 33.3 Å².